The molecular formula is C21H20N4O6S2. The van der Waals surface area contributed by atoms with E-state index in [-0.39, 0.29) is 35.4 Å². The number of thiazole rings is 1. The molecule has 2 aromatic carbocycles. The number of hydrogen-bond donors (Lipinski definition) is 1. The van der Waals surface area contributed by atoms with Crippen LogP contribution in [0.4, 0.5) is 10.8 Å². The van der Waals surface area contributed by atoms with Gasteiger partial charge in [0.25, 0.3) is 11.6 Å². The Morgan fingerprint density at radius 3 is 2.45 bits per heavy atom. The van der Waals surface area contributed by atoms with E-state index < -0.39 is 20.9 Å². The van der Waals surface area contributed by atoms with Crippen LogP contribution in [0.1, 0.15) is 0 Å². The molecule has 33 heavy (non-hydrogen) atoms. The molecule has 0 fully saturated rings. The van der Waals surface area contributed by atoms with Gasteiger partial charge in [0.2, 0.25) is 10.0 Å². The van der Waals surface area contributed by atoms with Crippen molar-refractivity contribution in [3.63, 3.8) is 0 Å². The Morgan fingerprint density at radius 1 is 1.18 bits per heavy atom. The highest BCUT2D eigenvalue weighted by Crippen LogP contribution is 2.29. The number of amides is 1. The van der Waals surface area contributed by atoms with Crippen molar-refractivity contribution >= 4 is 48.3 Å². The molecule has 3 aromatic rings. The molecule has 0 aliphatic heterocycles. The van der Waals surface area contributed by atoms with Gasteiger partial charge in [-0.3, -0.25) is 20.2 Å². The summed E-state index contributed by atoms with van der Waals surface area (Å²) >= 11 is 1.12. The molecule has 12 heteroatoms. The fourth-order valence-corrected chi connectivity index (χ4v) is 5.20. The normalized spacial score (nSPS) is 11.3. The SMILES string of the molecule is C=CCN(CC=C)S(=O)(=O)c1ccc2nc(NC(=O)COc3ccc([N+](=O)[O-])cc3)sc2c1. The number of hydrogen-bond acceptors (Lipinski definition) is 8. The average Bonchev–Trinajstić information content (AvgIpc) is 3.19. The Kier molecular flexibility index (Phi) is 7.53. The topological polar surface area (TPSA) is 132 Å². The highest BCUT2D eigenvalue weighted by atomic mass is 32.2. The van der Waals surface area contributed by atoms with E-state index in [2.05, 4.69) is 23.5 Å². The second kappa shape index (κ2) is 10.3. The third-order valence-electron chi connectivity index (χ3n) is 4.33. The summed E-state index contributed by atoms with van der Waals surface area (Å²) in [7, 11) is -3.76. The molecule has 0 atom stereocenters. The Morgan fingerprint density at radius 2 is 1.85 bits per heavy atom. The number of non-ortho nitro benzene ring substituents is 1. The van der Waals surface area contributed by atoms with Gasteiger partial charge >= 0.3 is 0 Å². The van der Waals surface area contributed by atoms with Crippen LogP contribution in [0.15, 0.2) is 72.7 Å². The fourth-order valence-electron chi connectivity index (χ4n) is 2.80. The van der Waals surface area contributed by atoms with E-state index in [1.165, 1.54) is 52.9 Å². The fraction of sp³-hybridized carbons (Fsp3) is 0.143. The molecule has 0 aliphatic carbocycles. The minimum Gasteiger partial charge on any atom is -0.484 e. The van der Waals surface area contributed by atoms with E-state index in [1.54, 1.807) is 6.07 Å². The number of benzene rings is 2. The molecule has 172 valence electrons. The molecule has 10 nitrogen and oxygen atoms in total. The maximum absolute atomic E-state index is 12.9. The van der Waals surface area contributed by atoms with Gasteiger partial charge in [-0.25, -0.2) is 13.4 Å². The first-order chi connectivity index (χ1) is 15.7. The van der Waals surface area contributed by atoms with Crippen molar-refractivity contribution in [3.8, 4) is 5.75 Å². The smallest absolute Gasteiger partial charge is 0.269 e. The molecular weight excluding hydrogens is 468 g/mol. The molecule has 1 heterocycles. The van der Waals surface area contributed by atoms with Gasteiger partial charge in [0.1, 0.15) is 5.75 Å². The lowest BCUT2D eigenvalue weighted by molar-refractivity contribution is -0.384. The van der Waals surface area contributed by atoms with Crippen LogP contribution < -0.4 is 10.1 Å². The van der Waals surface area contributed by atoms with Crippen LogP contribution >= 0.6 is 11.3 Å². The summed E-state index contributed by atoms with van der Waals surface area (Å²) in [5, 5.41) is 13.6. The number of rotatable bonds is 11. The molecule has 0 unspecified atom stereocenters. The highest BCUT2D eigenvalue weighted by molar-refractivity contribution is 7.89. The van der Waals surface area contributed by atoms with Crippen LogP contribution in [-0.4, -0.2) is 48.2 Å². The molecule has 0 bridgehead atoms. The molecule has 1 aromatic heterocycles. The number of carbonyl (C=O) groups is 1. The van der Waals surface area contributed by atoms with E-state index in [1.807, 2.05) is 0 Å². The predicted octanol–water partition coefficient (Wildman–Crippen LogP) is 3.58. The van der Waals surface area contributed by atoms with Crippen LogP contribution in [0.25, 0.3) is 10.2 Å². The zero-order valence-corrected chi connectivity index (χ0v) is 19.0. The number of anilines is 1. The molecule has 3 rings (SSSR count). The summed E-state index contributed by atoms with van der Waals surface area (Å²) in [6, 6.07) is 9.88. The molecule has 0 radical (unpaired) electrons. The standard InChI is InChI=1S/C21H20N4O6S2/c1-3-11-24(12-4-2)33(29,30)17-9-10-18-19(13-17)32-21(22-18)23-20(26)14-31-16-7-5-15(6-8-16)25(27)28/h3-10,13H,1-2,11-12,14H2,(H,22,23,26). The van der Waals surface area contributed by atoms with Gasteiger partial charge in [-0.1, -0.05) is 23.5 Å². The first kappa shape index (κ1) is 24.0. The van der Waals surface area contributed by atoms with Gasteiger partial charge in [-0.2, -0.15) is 4.31 Å². The van der Waals surface area contributed by atoms with Gasteiger partial charge < -0.3 is 4.74 Å². The van der Waals surface area contributed by atoms with E-state index in [0.717, 1.165) is 11.3 Å². The maximum atomic E-state index is 12.9. The zero-order chi connectivity index (χ0) is 24.0. The molecule has 0 saturated heterocycles. The average molecular weight is 489 g/mol. The lowest BCUT2D eigenvalue weighted by atomic mass is 10.3. The quantitative estimate of drug-likeness (QED) is 0.248. The summed E-state index contributed by atoms with van der Waals surface area (Å²) in [6.07, 6.45) is 3.00. The number of aromatic nitrogens is 1. The first-order valence-corrected chi connectivity index (χ1v) is 11.8. The second-order valence-electron chi connectivity index (χ2n) is 6.64. The van der Waals surface area contributed by atoms with Gasteiger partial charge in [0.05, 0.1) is 20.0 Å². The van der Waals surface area contributed by atoms with Crippen molar-refractivity contribution in [1.82, 2.24) is 9.29 Å². The molecule has 1 amide bonds. The number of nitro groups is 1. The van der Waals surface area contributed by atoms with Gasteiger partial charge in [-0.15, -0.1) is 13.2 Å². The van der Waals surface area contributed by atoms with Crippen molar-refractivity contribution < 1.29 is 22.9 Å². The second-order valence-corrected chi connectivity index (χ2v) is 9.60. The number of nitrogens with one attached hydrogen (secondary N) is 1. The Labute approximate surface area is 194 Å². The minimum atomic E-state index is -3.76. The van der Waals surface area contributed by atoms with Crippen molar-refractivity contribution in [2.45, 2.75) is 4.90 Å². The van der Waals surface area contributed by atoms with Crippen LogP contribution in [-0.2, 0) is 14.8 Å². The molecule has 0 saturated carbocycles. The lowest BCUT2D eigenvalue weighted by Crippen LogP contribution is -2.31. The van der Waals surface area contributed by atoms with Crippen molar-refractivity contribution in [1.29, 1.82) is 0 Å². The van der Waals surface area contributed by atoms with E-state index in [0.29, 0.717) is 16.0 Å². The Hall–Kier alpha value is -3.61. The zero-order valence-electron chi connectivity index (χ0n) is 17.3. The van der Waals surface area contributed by atoms with Crippen molar-refractivity contribution in [2.24, 2.45) is 0 Å². The minimum absolute atomic E-state index is 0.0836. The van der Waals surface area contributed by atoms with Crippen LogP contribution in [0.2, 0.25) is 0 Å². The third kappa shape index (κ3) is 5.80. The largest absolute Gasteiger partial charge is 0.484 e. The lowest BCUT2D eigenvalue weighted by Gasteiger charge is -2.18. The first-order valence-electron chi connectivity index (χ1n) is 9.54. The number of sulfonamides is 1. The van der Waals surface area contributed by atoms with Crippen LogP contribution in [0.3, 0.4) is 0 Å². The van der Waals surface area contributed by atoms with E-state index in [9.17, 15) is 23.3 Å². The van der Waals surface area contributed by atoms with E-state index in [4.69, 9.17) is 4.74 Å². The summed E-state index contributed by atoms with van der Waals surface area (Å²) in [4.78, 5) is 26.7. The molecule has 1 N–H and O–H groups in total. The number of nitro benzene ring substituents is 1. The molecule has 0 spiro atoms. The Balaban J connectivity index is 1.69. The molecule has 0 aliphatic rings. The third-order valence-corrected chi connectivity index (χ3v) is 7.09. The monoisotopic (exact) mass is 488 g/mol. The van der Waals surface area contributed by atoms with Crippen LogP contribution in [0.5, 0.6) is 5.75 Å². The Bertz CT molecular complexity index is 1290. The van der Waals surface area contributed by atoms with Crippen molar-refractivity contribution in [2.75, 3.05) is 25.0 Å². The van der Waals surface area contributed by atoms with Gasteiger partial charge in [0.15, 0.2) is 11.7 Å². The summed E-state index contributed by atoms with van der Waals surface area (Å²) < 4.78 is 33.0. The summed E-state index contributed by atoms with van der Waals surface area (Å²) in [6.45, 7) is 7.14. The summed E-state index contributed by atoms with van der Waals surface area (Å²) in [5.41, 5.74) is 0.448. The number of fused-ring (bicyclic) bond motifs is 1. The van der Waals surface area contributed by atoms with Gasteiger partial charge in [0, 0.05) is 25.2 Å². The number of nitrogens with zero attached hydrogens (tertiary/aromatic N) is 3. The number of ether oxygens (including phenoxy) is 1. The maximum Gasteiger partial charge on any atom is 0.269 e. The van der Waals surface area contributed by atoms with Gasteiger partial charge in [-0.05, 0) is 30.3 Å². The predicted molar refractivity (Wildman–Crippen MR) is 126 cm³/mol. The van der Waals surface area contributed by atoms with Crippen LogP contribution in [0, 0.1) is 10.1 Å². The van der Waals surface area contributed by atoms with Crippen molar-refractivity contribution in [3.05, 3.63) is 77.9 Å². The highest BCUT2D eigenvalue weighted by Gasteiger charge is 2.23. The van der Waals surface area contributed by atoms with E-state index >= 15 is 0 Å². The summed E-state index contributed by atoms with van der Waals surface area (Å²) in [5.74, 6) is -0.179. The number of carbonyl (C=O) groups excluding carboxylic acids is 1.